The number of ketones is 2. The largest absolute Gasteiger partial charge is 0.309 e. The Balaban J connectivity index is 1.66. The number of benzene rings is 1. The fourth-order valence-electron chi connectivity index (χ4n) is 4.30. The summed E-state index contributed by atoms with van der Waals surface area (Å²) in [7, 11) is 8.06. The van der Waals surface area contributed by atoms with Gasteiger partial charge in [0.1, 0.15) is 0 Å². The molecule has 2 unspecified atom stereocenters. The Labute approximate surface area is 168 Å². The van der Waals surface area contributed by atoms with E-state index in [1.807, 2.05) is 64.6 Å². The van der Waals surface area contributed by atoms with Gasteiger partial charge in [-0.15, -0.1) is 0 Å². The van der Waals surface area contributed by atoms with E-state index in [2.05, 4.69) is 9.80 Å². The summed E-state index contributed by atoms with van der Waals surface area (Å²) in [5.74, 6) is 0.856. The number of carbonyl (C=O) groups excluding carboxylic acids is 2. The molecule has 2 atom stereocenters. The Morgan fingerprint density at radius 2 is 1.11 bits per heavy atom. The average molecular weight is 381 g/mol. The summed E-state index contributed by atoms with van der Waals surface area (Å²) in [6.45, 7) is 1.65. The van der Waals surface area contributed by atoms with Crippen molar-refractivity contribution < 1.29 is 9.59 Å². The van der Waals surface area contributed by atoms with E-state index in [-0.39, 0.29) is 11.8 Å². The lowest BCUT2D eigenvalue weighted by Crippen LogP contribution is -2.24. The summed E-state index contributed by atoms with van der Waals surface area (Å²) < 4.78 is 0. The number of hydrogen-bond acceptors (Lipinski definition) is 4. The van der Waals surface area contributed by atoms with Crippen LogP contribution in [0.2, 0.25) is 0 Å². The molecule has 2 saturated carbocycles. The highest BCUT2D eigenvalue weighted by atomic mass is 16.1. The van der Waals surface area contributed by atoms with Gasteiger partial charge in [0.05, 0.1) is 0 Å². The molecule has 0 aliphatic heterocycles. The van der Waals surface area contributed by atoms with Crippen molar-refractivity contribution in [1.82, 2.24) is 9.80 Å². The van der Waals surface area contributed by atoms with Crippen molar-refractivity contribution in [3.63, 3.8) is 0 Å². The first-order chi connectivity index (χ1) is 13.3. The van der Waals surface area contributed by atoms with Gasteiger partial charge in [0.25, 0.3) is 0 Å². The van der Waals surface area contributed by atoms with Crippen molar-refractivity contribution in [3.05, 3.63) is 46.5 Å². The highest BCUT2D eigenvalue weighted by molar-refractivity contribution is 6.04. The van der Waals surface area contributed by atoms with Gasteiger partial charge in [-0.2, -0.15) is 0 Å². The molecular weight excluding hydrogens is 348 g/mol. The minimum atomic E-state index is 0.133. The van der Waals surface area contributed by atoms with Crippen LogP contribution < -0.4 is 0 Å². The van der Waals surface area contributed by atoms with E-state index in [0.29, 0.717) is 11.6 Å². The lowest BCUT2D eigenvalue weighted by Gasteiger charge is -2.13. The minimum Gasteiger partial charge on any atom is -0.309 e. The minimum absolute atomic E-state index is 0.133. The predicted molar refractivity (Wildman–Crippen MR) is 115 cm³/mol. The van der Waals surface area contributed by atoms with Gasteiger partial charge in [-0.1, -0.05) is 24.3 Å². The van der Waals surface area contributed by atoms with Crippen molar-refractivity contribution in [3.8, 4) is 0 Å². The Hall–Kier alpha value is -2.04. The third-order valence-electron chi connectivity index (χ3n) is 5.69. The van der Waals surface area contributed by atoms with Crippen LogP contribution in [0.25, 0.3) is 12.2 Å². The van der Waals surface area contributed by atoms with Crippen molar-refractivity contribution in [2.75, 3.05) is 41.3 Å². The van der Waals surface area contributed by atoms with E-state index in [4.69, 9.17) is 0 Å². The van der Waals surface area contributed by atoms with Crippen molar-refractivity contribution in [1.29, 1.82) is 0 Å². The molecule has 0 heterocycles. The monoisotopic (exact) mass is 380 g/mol. The van der Waals surface area contributed by atoms with Gasteiger partial charge < -0.3 is 9.80 Å². The van der Waals surface area contributed by atoms with Gasteiger partial charge in [-0.3, -0.25) is 9.59 Å². The summed E-state index contributed by atoms with van der Waals surface area (Å²) in [6.07, 6.45) is 7.69. The van der Waals surface area contributed by atoms with Crippen molar-refractivity contribution in [2.24, 2.45) is 11.8 Å². The Bertz CT molecular complexity index is 720. The molecule has 28 heavy (non-hydrogen) atoms. The van der Waals surface area contributed by atoms with Gasteiger partial charge in [0.15, 0.2) is 11.6 Å². The Morgan fingerprint density at radius 1 is 0.750 bits per heavy atom. The van der Waals surface area contributed by atoms with Crippen molar-refractivity contribution in [2.45, 2.75) is 25.7 Å². The van der Waals surface area contributed by atoms with E-state index in [1.165, 1.54) is 0 Å². The van der Waals surface area contributed by atoms with Gasteiger partial charge >= 0.3 is 0 Å². The fourth-order valence-corrected chi connectivity index (χ4v) is 4.30. The maximum absolute atomic E-state index is 12.5. The Kier molecular flexibility index (Phi) is 6.63. The first kappa shape index (κ1) is 20.7. The highest BCUT2D eigenvalue weighted by Gasteiger charge is 2.30. The SMILES string of the molecule is CN(C)CC1CC/C(=C\c2ccc(/C=C3\CCC(CN(C)C)C3=O)cc2)C1=O. The highest BCUT2D eigenvalue weighted by Crippen LogP contribution is 2.30. The number of rotatable bonds is 6. The van der Waals surface area contributed by atoms with E-state index < -0.39 is 0 Å². The summed E-state index contributed by atoms with van der Waals surface area (Å²) in [4.78, 5) is 29.2. The van der Waals surface area contributed by atoms with E-state index in [1.54, 1.807) is 0 Å². The molecule has 2 aliphatic rings. The standard InChI is InChI=1S/C24H32N2O2/c1-25(2)15-21-11-9-19(23(21)27)13-17-5-7-18(8-6-17)14-20-10-12-22(24(20)28)16-26(3)4/h5-8,13-14,21-22H,9-12,15-16H2,1-4H3/b19-13+,20-14+. The summed E-state index contributed by atoms with van der Waals surface area (Å²) in [5, 5.41) is 0. The van der Waals surface area contributed by atoms with E-state index in [9.17, 15) is 9.59 Å². The van der Waals surface area contributed by atoms with Gasteiger partial charge in [0.2, 0.25) is 0 Å². The molecule has 1 aromatic rings. The molecule has 0 N–H and O–H groups in total. The molecule has 0 bridgehead atoms. The van der Waals surface area contributed by atoms with Gasteiger partial charge in [0, 0.05) is 24.9 Å². The zero-order valence-corrected chi connectivity index (χ0v) is 17.6. The Morgan fingerprint density at radius 3 is 1.43 bits per heavy atom. The van der Waals surface area contributed by atoms with Crippen LogP contribution in [-0.2, 0) is 9.59 Å². The molecule has 2 aliphatic carbocycles. The normalized spacial score (nSPS) is 25.8. The summed E-state index contributed by atoms with van der Waals surface area (Å²) >= 11 is 0. The molecule has 4 nitrogen and oxygen atoms in total. The molecule has 2 fully saturated rings. The zero-order chi connectivity index (χ0) is 20.3. The summed E-state index contributed by atoms with van der Waals surface area (Å²) in [5.41, 5.74) is 3.99. The van der Waals surface area contributed by atoms with Crippen LogP contribution >= 0.6 is 0 Å². The zero-order valence-electron chi connectivity index (χ0n) is 17.6. The van der Waals surface area contributed by atoms with Crippen LogP contribution in [0.15, 0.2) is 35.4 Å². The predicted octanol–water partition coefficient (Wildman–Crippen LogP) is 3.53. The molecular formula is C24H32N2O2. The molecule has 0 aromatic heterocycles. The van der Waals surface area contributed by atoms with Crippen LogP contribution in [0.3, 0.4) is 0 Å². The van der Waals surface area contributed by atoms with Gasteiger partial charge in [-0.05, 0) is 88.3 Å². The molecule has 0 spiro atoms. The number of Topliss-reactive ketones (excluding diaryl/α,β-unsaturated/α-hetero) is 2. The van der Waals surface area contributed by atoms with Crippen LogP contribution in [0.5, 0.6) is 0 Å². The molecule has 0 amide bonds. The molecule has 0 radical (unpaired) electrons. The third-order valence-corrected chi connectivity index (χ3v) is 5.69. The lowest BCUT2D eigenvalue weighted by atomic mass is 10.0. The van der Waals surface area contributed by atoms with Crippen molar-refractivity contribution >= 4 is 23.7 Å². The second kappa shape index (κ2) is 8.97. The maximum atomic E-state index is 12.5. The molecule has 1 aromatic carbocycles. The van der Waals surface area contributed by atoms with Crippen LogP contribution in [0.1, 0.15) is 36.8 Å². The molecule has 4 heteroatoms. The maximum Gasteiger partial charge on any atom is 0.163 e. The second-order valence-electron chi connectivity index (χ2n) is 8.73. The smallest absolute Gasteiger partial charge is 0.163 e. The number of carbonyl (C=O) groups is 2. The first-order valence-corrected chi connectivity index (χ1v) is 10.2. The number of allylic oxidation sites excluding steroid dienone is 2. The summed E-state index contributed by atoms with van der Waals surface area (Å²) in [6, 6.07) is 8.18. The quantitative estimate of drug-likeness (QED) is 0.708. The van der Waals surface area contributed by atoms with Crippen LogP contribution in [-0.4, -0.2) is 62.6 Å². The molecule has 0 saturated heterocycles. The second-order valence-corrected chi connectivity index (χ2v) is 8.73. The lowest BCUT2D eigenvalue weighted by molar-refractivity contribution is -0.118. The average Bonchev–Trinajstić information content (AvgIpc) is 3.14. The van der Waals surface area contributed by atoms with Crippen LogP contribution in [0.4, 0.5) is 0 Å². The topological polar surface area (TPSA) is 40.6 Å². The van der Waals surface area contributed by atoms with E-state index in [0.717, 1.165) is 61.0 Å². The van der Waals surface area contributed by atoms with E-state index >= 15 is 0 Å². The fraction of sp³-hybridized carbons (Fsp3) is 0.500. The number of hydrogen-bond donors (Lipinski definition) is 0. The van der Waals surface area contributed by atoms with Gasteiger partial charge in [-0.25, -0.2) is 0 Å². The van der Waals surface area contributed by atoms with Crippen LogP contribution in [0, 0.1) is 11.8 Å². The molecule has 150 valence electrons. The number of nitrogens with zero attached hydrogens (tertiary/aromatic N) is 2. The molecule has 3 rings (SSSR count). The third kappa shape index (κ3) is 5.06. The first-order valence-electron chi connectivity index (χ1n) is 10.2.